The summed E-state index contributed by atoms with van der Waals surface area (Å²) in [5.41, 5.74) is -0.658. The normalized spacial score (nSPS) is 18.0. The summed E-state index contributed by atoms with van der Waals surface area (Å²) in [5, 5.41) is 21.2. The van der Waals surface area contributed by atoms with E-state index in [2.05, 4.69) is 11.4 Å². The van der Waals surface area contributed by atoms with Gasteiger partial charge >= 0.3 is 0 Å². The molecule has 0 atom stereocenters. The Labute approximate surface area is 122 Å². The molecule has 114 valence electrons. The highest BCUT2D eigenvalue weighted by molar-refractivity contribution is 5.79. The Morgan fingerprint density at radius 3 is 2.55 bits per heavy atom. The topological polar surface area (TPSA) is 76.4 Å². The lowest BCUT2D eigenvalue weighted by atomic mass is 9.83. The van der Waals surface area contributed by atoms with Gasteiger partial charge in [0.1, 0.15) is 5.54 Å². The van der Waals surface area contributed by atoms with Gasteiger partial charge in [-0.3, -0.25) is 9.69 Å². The monoisotopic (exact) mass is 281 g/mol. The fourth-order valence-corrected chi connectivity index (χ4v) is 2.70. The summed E-state index contributed by atoms with van der Waals surface area (Å²) in [7, 11) is 0. The van der Waals surface area contributed by atoms with Gasteiger partial charge in [-0.15, -0.1) is 0 Å². The van der Waals surface area contributed by atoms with Crippen LogP contribution in [0.4, 0.5) is 0 Å². The molecule has 0 aromatic carbocycles. The maximum atomic E-state index is 12.2. The first-order valence-corrected chi connectivity index (χ1v) is 7.60. The number of hydrogen-bond donors (Lipinski definition) is 2. The molecule has 0 heterocycles. The lowest BCUT2D eigenvalue weighted by Crippen LogP contribution is -2.52. The maximum absolute atomic E-state index is 12.2. The Morgan fingerprint density at radius 2 is 2.05 bits per heavy atom. The van der Waals surface area contributed by atoms with E-state index in [4.69, 9.17) is 5.11 Å². The SMILES string of the molecule is CC(C)N(CCCO)CC(=O)NC1(C#N)CCCCC1. The van der Waals surface area contributed by atoms with Gasteiger partial charge in [-0.05, 0) is 33.1 Å². The zero-order valence-electron chi connectivity index (χ0n) is 12.7. The Morgan fingerprint density at radius 1 is 1.40 bits per heavy atom. The largest absolute Gasteiger partial charge is 0.396 e. The lowest BCUT2D eigenvalue weighted by molar-refractivity contribution is -0.124. The maximum Gasteiger partial charge on any atom is 0.235 e. The highest BCUT2D eigenvalue weighted by Gasteiger charge is 2.33. The summed E-state index contributed by atoms with van der Waals surface area (Å²) in [6.07, 6.45) is 5.34. The summed E-state index contributed by atoms with van der Waals surface area (Å²) in [6, 6.07) is 2.55. The third kappa shape index (κ3) is 5.10. The van der Waals surface area contributed by atoms with Crippen LogP contribution in [0.5, 0.6) is 0 Å². The standard InChI is InChI=1S/C15H27N3O2/c1-13(2)18(9-6-10-19)11-14(20)17-15(12-16)7-4-3-5-8-15/h13,19H,3-11H2,1-2H3,(H,17,20). The number of amides is 1. The van der Waals surface area contributed by atoms with Gasteiger partial charge in [0, 0.05) is 19.2 Å². The molecular weight excluding hydrogens is 254 g/mol. The van der Waals surface area contributed by atoms with Crippen LogP contribution >= 0.6 is 0 Å². The van der Waals surface area contributed by atoms with Gasteiger partial charge in [0.05, 0.1) is 12.6 Å². The molecule has 1 aliphatic carbocycles. The molecule has 0 bridgehead atoms. The minimum atomic E-state index is -0.658. The molecule has 0 aromatic heterocycles. The quantitative estimate of drug-likeness (QED) is 0.740. The number of nitriles is 1. The van der Waals surface area contributed by atoms with E-state index in [-0.39, 0.29) is 18.6 Å². The lowest BCUT2D eigenvalue weighted by Gasteiger charge is -2.33. The minimum Gasteiger partial charge on any atom is -0.396 e. The Bertz CT molecular complexity index is 344. The molecule has 5 nitrogen and oxygen atoms in total. The van der Waals surface area contributed by atoms with Gasteiger partial charge in [0.2, 0.25) is 5.91 Å². The molecule has 1 fully saturated rings. The Balaban J connectivity index is 2.53. The van der Waals surface area contributed by atoms with Crippen molar-refractivity contribution in [3.63, 3.8) is 0 Å². The predicted octanol–water partition coefficient (Wildman–Crippen LogP) is 1.42. The number of hydrogen-bond acceptors (Lipinski definition) is 4. The summed E-state index contributed by atoms with van der Waals surface area (Å²) in [6.45, 7) is 5.19. The van der Waals surface area contributed by atoms with Crippen molar-refractivity contribution in [1.82, 2.24) is 10.2 Å². The number of aliphatic hydroxyl groups is 1. The van der Waals surface area contributed by atoms with Crippen molar-refractivity contribution in [3.8, 4) is 6.07 Å². The molecule has 0 aromatic rings. The number of carbonyl (C=O) groups excluding carboxylic acids is 1. The fourth-order valence-electron chi connectivity index (χ4n) is 2.70. The first kappa shape index (κ1) is 16.9. The fraction of sp³-hybridized carbons (Fsp3) is 0.867. The Hall–Kier alpha value is -1.12. The molecule has 1 amide bonds. The number of rotatable bonds is 7. The van der Waals surface area contributed by atoms with Gasteiger partial charge < -0.3 is 10.4 Å². The predicted molar refractivity (Wildman–Crippen MR) is 78.0 cm³/mol. The third-order valence-electron chi connectivity index (χ3n) is 3.98. The highest BCUT2D eigenvalue weighted by atomic mass is 16.3. The number of nitrogens with one attached hydrogen (secondary N) is 1. The average molecular weight is 281 g/mol. The molecule has 1 rings (SSSR count). The molecule has 0 aliphatic heterocycles. The van der Waals surface area contributed by atoms with E-state index in [1.807, 2.05) is 18.7 Å². The molecule has 0 spiro atoms. The van der Waals surface area contributed by atoms with Crippen molar-refractivity contribution in [2.45, 2.75) is 64.0 Å². The molecule has 0 unspecified atom stereocenters. The van der Waals surface area contributed by atoms with Crippen LogP contribution in [0.1, 0.15) is 52.4 Å². The van der Waals surface area contributed by atoms with Crippen molar-refractivity contribution < 1.29 is 9.90 Å². The van der Waals surface area contributed by atoms with Crippen molar-refractivity contribution in [2.75, 3.05) is 19.7 Å². The van der Waals surface area contributed by atoms with Crippen molar-refractivity contribution >= 4 is 5.91 Å². The molecule has 0 saturated heterocycles. The van der Waals surface area contributed by atoms with Gasteiger partial charge in [-0.1, -0.05) is 19.3 Å². The number of aliphatic hydroxyl groups excluding tert-OH is 1. The summed E-state index contributed by atoms with van der Waals surface area (Å²) in [5.74, 6) is -0.0833. The average Bonchev–Trinajstić information content (AvgIpc) is 2.44. The van der Waals surface area contributed by atoms with E-state index in [1.165, 1.54) is 0 Å². The number of nitrogens with zero attached hydrogens (tertiary/aromatic N) is 2. The van der Waals surface area contributed by atoms with Crippen LogP contribution in [-0.2, 0) is 4.79 Å². The summed E-state index contributed by atoms with van der Waals surface area (Å²) >= 11 is 0. The molecule has 1 aliphatic rings. The molecule has 0 radical (unpaired) electrons. The van der Waals surface area contributed by atoms with Crippen LogP contribution in [0.2, 0.25) is 0 Å². The first-order valence-electron chi connectivity index (χ1n) is 7.60. The molecular formula is C15H27N3O2. The summed E-state index contributed by atoms with van der Waals surface area (Å²) < 4.78 is 0. The van der Waals surface area contributed by atoms with Crippen molar-refractivity contribution in [1.29, 1.82) is 5.26 Å². The van der Waals surface area contributed by atoms with Crippen molar-refractivity contribution in [3.05, 3.63) is 0 Å². The van der Waals surface area contributed by atoms with Gasteiger partial charge in [-0.2, -0.15) is 5.26 Å². The highest BCUT2D eigenvalue weighted by Crippen LogP contribution is 2.27. The summed E-state index contributed by atoms with van der Waals surface area (Å²) in [4.78, 5) is 14.2. The van der Waals surface area contributed by atoms with Crippen LogP contribution in [0, 0.1) is 11.3 Å². The molecule has 20 heavy (non-hydrogen) atoms. The van der Waals surface area contributed by atoms with E-state index < -0.39 is 5.54 Å². The van der Waals surface area contributed by atoms with E-state index >= 15 is 0 Å². The second-order valence-electron chi connectivity index (χ2n) is 5.94. The molecule has 5 heteroatoms. The van der Waals surface area contributed by atoms with Crippen LogP contribution < -0.4 is 5.32 Å². The van der Waals surface area contributed by atoms with E-state index in [1.54, 1.807) is 0 Å². The van der Waals surface area contributed by atoms with Crippen LogP contribution in [-0.4, -0.2) is 47.2 Å². The van der Waals surface area contributed by atoms with Gasteiger partial charge in [0.25, 0.3) is 0 Å². The van der Waals surface area contributed by atoms with E-state index in [0.717, 1.165) is 32.1 Å². The molecule has 1 saturated carbocycles. The van der Waals surface area contributed by atoms with Gasteiger partial charge in [-0.25, -0.2) is 0 Å². The zero-order chi connectivity index (χ0) is 15.0. The van der Waals surface area contributed by atoms with E-state index in [9.17, 15) is 10.1 Å². The third-order valence-corrected chi connectivity index (χ3v) is 3.98. The Kier molecular flexibility index (Phi) is 6.97. The van der Waals surface area contributed by atoms with Gasteiger partial charge in [0.15, 0.2) is 0 Å². The zero-order valence-corrected chi connectivity index (χ0v) is 12.7. The molecule has 2 N–H and O–H groups in total. The second kappa shape index (κ2) is 8.23. The van der Waals surface area contributed by atoms with Crippen LogP contribution in [0.25, 0.3) is 0 Å². The first-order chi connectivity index (χ1) is 9.53. The van der Waals surface area contributed by atoms with E-state index in [0.29, 0.717) is 19.5 Å². The minimum absolute atomic E-state index is 0.0833. The van der Waals surface area contributed by atoms with Crippen molar-refractivity contribution in [2.24, 2.45) is 0 Å². The number of carbonyl (C=O) groups is 1. The smallest absolute Gasteiger partial charge is 0.235 e. The van der Waals surface area contributed by atoms with Crippen LogP contribution in [0.15, 0.2) is 0 Å². The van der Waals surface area contributed by atoms with Crippen LogP contribution in [0.3, 0.4) is 0 Å². The second-order valence-corrected chi connectivity index (χ2v) is 5.94.